The van der Waals surface area contributed by atoms with Crippen molar-refractivity contribution in [2.75, 3.05) is 26.8 Å². The van der Waals surface area contributed by atoms with Crippen molar-refractivity contribution in [1.82, 2.24) is 14.7 Å². The van der Waals surface area contributed by atoms with Crippen LogP contribution in [0.4, 0.5) is 0 Å². The van der Waals surface area contributed by atoms with E-state index in [1.807, 2.05) is 10.7 Å². The molecule has 0 radical (unpaired) electrons. The Morgan fingerprint density at radius 1 is 1.25 bits per heavy atom. The van der Waals surface area contributed by atoms with E-state index in [2.05, 4.69) is 42.3 Å². The number of benzene rings is 1. The number of para-hydroxylation sites is 1. The number of ether oxygens (including phenoxy) is 1. The molecule has 1 aliphatic heterocycles. The van der Waals surface area contributed by atoms with Crippen molar-refractivity contribution in [2.24, 2.45) is 5.92 Å². The van der Waals surface area contributed by atoms with Crippen LogP contribution in [-0.2, 0) is 11.3 Å². The second-order valence-corrected chi connectivity index (χ2v) is 6.90. The summed E-state index contributed by atoms with van der Waals surface area (Å²) in [4.78, 5) is 2.60. The van der Waals surface area contributed by atoms with Gasteiger partial charge in [0.1, 0.15) is 0 Å². The summed E-state index contributed by atoms with van der Waals surface area (Å²) < 4.78 is 7.20. The molecule has 1 saturated heterocycles. The first-order valence-corrected chi connectivity index (χ1v) is 9.08. The molecule has 1 aromatic heterocycles. The van der Waals surface area contributed by atoms with E-state index in [-0.39, 0.29) is 0 Å². The third-order valence-electron chi connectivity index (χ3n) is 4.98. The van der Waals surface area contributed by atoms with Crippen LogP contribution in [0.5, 0.6) is 0 Å². The predicted molar refractivity (Wildman–Crippen MR) is 97.4 cm³/mol. The second kappa shape index (κ2) is 8.45. The zero-order valence-corrected chi connectivity index (χ0v) is 14.9. The molecule has 0 amide bonds. The molecule has 3 rings (SSSR count). The minimum atomic E-state index is 0.818. The van der Waals surface area contributed by atoms with Crippen molar-refractivity contribution >= 4 is 0 Å². The standard InChI is InChI=1S/C20H29N3O/c1-17-19(16-23(21-17)20-10-4-3-5-11-20)15-22-12-6-8-18(14-22)9-7-13-24-2/h3-5,10-11,16,18H,6-9,12-15H2,1-2H3/t18-/m0/s1. The van der Waals surface area contributed by atoms with Crippen LogP contribution in [0, 0.1) is 12.8 Å². The molecule has 2 aromatic rings. The number of aromatic nitrogens is 2. The third kappa shape index (κ3) is 4.46. The van der Waals surface area contributed by atoms with E-state index in [1.165, 1.54) is 44.3 Å². The minimum Gasteiger partial charge on any atom is -0.385 e. The van der Waals surface area contributed by atoms with Gasteiger partial charge in [0.15, 0.2) is 0 Å². The Morgan fingerprint density at radius 3 is 2.88 bits per heavy atom. The highest BCUT2D eigenvalue weighted by atomic mass is 16.5. The van der Waals surface area contributed by atoms with Gasteiger partial charge in [-0.3, -0.25) is 4.90 Å². The smallest absolute Gasteiger partial charge is 0.0645 e. The third-order valence-corrected chi connectivity index (χ3v) is 4.98. The molecular weight excluding hydrogens is 298 g/mol. The number of rotatable bonds is 7. The van der Waals surface area contributed by atoms with Crippen LogP contribution in [0.2, 0.25) is 0 Å². The highest BCUT2D eigenvalue weighted by molar-refractivity contribution is 5.32. The first kappa shape index (κ1) is 17.2. The van der Waals surface area contributed by atoms with E-state index in [4.69, 9.17) is 9.84 Å². The Bertz CT molecular complexity index is 623. The summed E-state index contributed by atoms with van der Waals surface area (Å²) in [5, 5.41) is 4.70. The molecule has 1 atom stereocenters. The Balaban J connectivity index is 1.60. The van der Waals surface area contributed by atoms with Gasteiger partial charge in [0.2, 0.25) is 0 Å². The summed E-state index contributed by atoms with van der Waals surface area (Å²) in [6.45, 7) is 6.43. The molecule has 130 valence electrons. The number of aryl methyl sites for hydroxylation is 1. The molecule has 0 unspecified atom stereocenters. The average molecular weight is 327 g/mol. The normalized spacial score (nSPS) is 18.8. The van der Waals surface area contributed by atoms with Gasteiger partial charge in [-0.05, 0) is 57.2 Å². The van der Waals surface area contributed by atoms with Crippen molar-refractivity contribution in [3.63, 3.8) is 0 Å². The van der Waals surface area contributed by atoms with Gasteiger partial charge in [-0.15, -0.1) is 0 Å². The molecule has 4 nitrogen and oxygen atoms in total. The molecule has 2 heterocycles. The second-order valence-electron chi connectivity index (χ2n) is 6.90. The average Bonchev–Trinajstić information content (AvgIpc) is 2.97. The van der Waals surface area contributed by atoms with Crippen molar-refractivity contribution in [3.8, 4) is 5.69 Å². The van der Waals surface area contributed by atoms with E-state index in [1.54, 1.807) is 7.11 Å². The Hall–Kier alpha value is -1.65. The van der Waals surface area contributed by atoms with Gasteiger partial charge in [-0.1, -0.05) is 18.2 Å². The molecule has 1 aliphatic rings. The van der Waals surface area contributed by atoms with Gasteiger partial charge in [-0.2, -0.15) is 5.10 Å². The fourth-order valence-corrected chi connectivity index (χ4v) is 3.65. The van der Waals surface area contributed by atoms with E-state index in [0.717, 1.165) is 30.5 Å². The molecule has 4 heteroatoms. The van der Waals surface area contributed by atoms with Gasteiger partial charge in [0, 0.05) is 38.6 Å². The Kier molecular flexibility index (Phi) is 6.05. The zero-order chi connectivity index (χ0) is 16.8. The summed E-state index contributed by atoms with van der Waals surface area (Å²) in [5.74, 6) is 0.818. The molecule has 1 fully saturated rings. The van der Waals surface area contributed by atoms with Crippen LogP contribution in [0.3, 0.4) is 0 Å². The SMILES string of the molecule is COCCC[C@@H]1CCCN(Cc2cn(-c3ccccc3)nc2C)C1. The van der Waals surface area contributed by atoms with Crippen LogP contribution >= 0.6 is 0 Å². The largest absolute Gasteiger partial charge is 0.385 e. The molecule has 0 spiro atoms. The first-order chi connectivity index (χ1) is 11.8. The van der Waals surface area contributed by atoms with Gasteiger partial charge < -0.3 is 4.74 Å². The topological polar surface area (TPSA) is 30.3 Å². The van der Waals surface area contributed by atoms with Crippen molar-refractivity contribution in [1.29, 1.82) is 0 Å². The number of piperidine rings is 1. The number of hydrogen-bond donors (Lipinski definition) is 0. The predicted octanol–water partition coefficient (Wildman–Crippen LogP) is 3.82. The first-order valence-electron chi connectivity index (χ1n) is 9.08. The highest BCUT2D eigenvalue weighted by Gasteiger charge is 2.20. The van der Waals surface area contributed by atoms with E-state index in [9.17, 15) is 0 Å². The lowest BCUT2D eigenvalue weighted by Gasteiger charge is -2.32. The van der Waals surface area contributed by atoms with Gasteiger partial charge in [0.25, 0.3) is 0 Å². The molecular formula is C20H29N3O. The number of nitrogens with zero attached hydrogens (tertiary/aromatic N) is 3. The maximum atomic E-state index is 5.19. The van der Waals surface area contributed by atoms with Crippen molar-refractivity contribution < 1.29 is 4.74 Å². The van der Waals surface area contributed by atoms with Crippen molar-refractivity contribution in [3.05, 3.63) is 47.8 Å². The van der Waals surface area contributed by atoms with Crippen LogP contribution in [0.1, 0.15) is 36.9 Å². The van der Waals surface area contributed by atoms with Crippen LogP contribution in [0.15, 0.2) is 36.5 Å². The van der Waals surface area contributed by atoms with E-state index < -0.39 is 0 Å². The van der Waals surface area contributed by atoms with E-state index >= 15 is 0 Å². The monoisotopic (exact) mass is 327 g/mol. The molecule has 24 heavy (non-hydrogen) atoms. The molecule has 1 aromatic carbocycles. The molecule has 0 N–H and O–H groups in total. The van der Waals surface area contributed by atoms with Crippen molar-refractivity contribution in [2.45, 2.75) is 39.2 Å². The molecule has 0 bridgehead atoms. The summed E-state index contributed by atoms with van der Waals surface area (Å²) >= 11 is 0. The van der Waals surface area contributed by atoms with Crippen LogP contribution in [0.25, 0.3) is 5.69 Å². The summed E-state index contributed by atoms with van der Waals surface area (Å²) in [7, 11) is 1.79. The summed E-state index contributed by atoms with van der Waals surface area (Å²) in [5.41, 5.74) is 3.61. The highest BCUT2D eigenvalue weighted by Crippen LogP contribution is 2.23. The van der Waals surface area contributed by atoms with Gasteiger partial charge in [0.05, 0.1) is 11.4 Å². The molecule has 0 saturated carbocycles. The number of methoxy groups -OCH3 is 1. The number of hydrogen-bond acceptors (Lipinski definition) is 3. The number of likely N-dealkylation sites (tertiary alicyclic amines) is 1. The quantitative estimate of drug-likeness (QED) is 0.724. The zero-order valence-electron chi connectivity index (χ0n) is 14.9. The Morgan fingerprint density at radius 2 is 2.08 bits per heavy atom. The molecule has 0 aliphatic carbocycles. The maximum absolute atomic E-state index is 5.19. The Labute approximate surface area is 145 Å². The van der Waals surface area contributed by atoms with Gasteiger partial charge >= 0.3 is 0 Å². The lowest BCUT2D eigenvalue weighted by Crippen LogP contribution is -2.35. The van der Waals surface area contributed by atoms with Gasteiger partial charge in [-0.25, -0.2) is 4.68 Å². The summed E-state index contributed by atoms with van der Waals surface area (Å²) in [6.07, 6.45) is 7.33. The summed E-state index contributed by atoms with van der Waals surface area (Å²) in [6, 6.07) is 10.4. The van der Waals surface area contributed by atoms with E-state index in [0.29, 0.717) is 0 Å². The lowest BCUT2D eigenvalue weighted by atomic mass is 9.93. The fourth-order valence-electron chi connectivity index (χ4n) is 3.65. The fraction of sp³-hybridized carbons (Fsp3) is 0.550. The minimum absolute atomic E-state index is 0.818. The van der Waals surface area contributed by atoms with Crippen LogP contribution in [-0.4, -0.2) is 41.5 Å². The lowest BCUT2D eigenvalue weighted by molar-refractivity contribution is 0.142. The maximum Gasteiger partial charge on any atom is 0.0645 e. The van der Waals surface area contributed by atoms with Crippen LogP contribution < -0.4 is 0 Å².